The Balaban J connectivity index is 1.96. The zero-order chi connectivity index (χ0) is 13.5. The Hall–Kier alpha value is -1.21. The summed E-state index contributed by atoms with van der Waals surface area (Å²) in [5.41, 5.74) is 5.35. The molecule has 0 N–H and O–H groups in total. The summed E-state index contributed by atoms with van der Waals surface area (Å²) in [6.45, 7) is 2.12. The van der Waals surface area contributed by atoms with Gasteiger partial charge < -0.3 is 0 Å². The molecule has 0 aliphatic rings. The molecule has 0 atom stereocenters. The number of benzene rings is 2. The molecule has 2 rings (SSSR count). The van der Waals surface area contributed by atoms with Crippen LogP contribution in [0.25, 0.3) is 11.1 Å². The van der Waals surface area contributed by atoms with Crippen LogP contribution in [0.15, 0.2) is 48.5 Å². The lowest BCUT2D eigenvalue weighted by Gasteiger charge is -2.05. The first-order valence-electron chi connectivity index (χ1n) is 7.06. The van der Waals surface area contributed by atoms with Crippen molar-refractivity contribution in [3.05, 3.63) is 59.7 Å². The second kappa shape index (κ2) is 7.40. The van der Waals surface area contributed by atoms with Gasteiger partial charge in [-0.3, -0.25) is 0 Å². The zero-order valence-corrected chi connectivity index (χ0v) is 12.5. The number of rotatable bonds is 6. The van der Waals surface area contributed by atoms with E-state index in [9.17, 15) is 0 Å². The Kier molecular flexibility index (Phi) is 5.53. The number of hydrogen-bond donors (Lipinski definition) is 1. The van der Waals surface area contributed by atoms with Crippen molar-refractivity contribution in [2.45, 2.75) is 32.6 Å². The van der Waals surface area contributed by atoms with Gasteiger partial charge in [-0.05, 0) is 48.6 Å². The molecule has 0 amide bonds. The van der Waals surface area contributed by atoms with Gasteiger partial charge in [0, 0.05) is 0 Å². The average Bonchev–Trinajstić information content (AvgIpc) is 2.45. The molecule has 19 heavy (non-hydrogen) atoms. The third kappa shape index (κ3) is 4.43. The van der Waals surface area contributed by atoms with Crippen LogP contribution >= 0.6 is 12.6 Å². The normalized spacial score (nSPS) is 10.6. The van der Waals surface area contributed by atoms with E-state index in [1.807, 2.05) is 0 Å². The maximum atomic E-state index is 4.24. The molecule has 100 valence electrons. The minimum absolute atomic E-state index is 1.01. The maximum absolute atomic E-state index is 4.24. The standard InChI is InChI=1S/C18H22S/c1-15-6-10-17(11-7-15)18-12-8-16(9-13-18)5-3-2-4-14-19/h6-13,19H,2-5,14H2,1H3. The highest BCUT2D eigenvalue weighted by atomic mass is 32.1. The van der Waals surface area contributed by atoms with Crippen molar-refractivity contribution in [1.29, 1.82) is 0 Å². The quantitative estimate of drug-likeness (QED) is 0.534. The van der Waals surface area contributed by atoms with Gasteiger partial charge in [-0.25, -0.2) is 0 Å². The van der Waals surface area contributed by atoms with E-state index in [4.69, 9.17) is 0 Å². The Labute approximate surface area is 122 Å². The molecule has 2 aromatic rings. The molecule has 0 heterocycles. The van der Waals surface area contributed by atoms with Crippen molar-refractivity contribution in [3.63, 3.8) is 0 Å². The first-order chi connectivity index (χ1) is 9.29. The predicted molar refractivity (Wildman–Crippen MR) is 88.0 cm³/mol. The van der Waals surface area contributed by atoms with Crippen LogP contribution in [-0.4, -0.2) is 5.75 Å². The van der Waals surface area contributed by atoms with Crippen molar-refractivity contribution >= 4 is 12.6 Å². The molecule has 0 fully saturated rings. The molecule has 0 nitrogen and oxygen atoms in total. The summed E-state index contributed by atoms with van der Waals surface area (Å²) in [5.74, 6) is 1.01. The topological polar surface area (TPSA) is 0 Å². The second-order valence-electron chi connectivity index (χ2n) is 5.10. The van der Waals surface area contributed by atoms with Crippen molar-refractivity contribution < 1.29 is 0 Å². The van der Waals surface area contributed by atoms with Gasteiger partial charge in [0.1, 0.15) is 0 Å². The SMILES string of the molecule is Cc1ccc(-c2ccc(CCCCCS)cc2)cc1. The molecule has 1 heteroatoms. The molecule has 0 aliphatic carbocycles. The Morgan fingerprint density at radius 2 is 1.32 bits per heavy atom. The Bertz CT molecular complexity index is 482. The molecule has 0 aliphatic heterocycles. The summed E-state index contributed by atoms with van der Waals surface area (Å²) in [5, 5.41) is 0. The van der Waals surface area contributed by atoms with E-state index >= 15 is 0 Å². The molecule has 0 bridgehead atoms. The smallest absolute Gasteiger partial charge is 0.00979 e. The van der Waals surface area contributed by atoms with Crippen LogP contribution in [0.2, 0.25) is 0 Å². The van der Waals surface area contributed by atoms with Crippen LogP contribution in [0.1, 0.15) is 30.4 Å². The van der Waals surface area contributed by atoms with Crippen molar-refractivity contribution in [2.75, 3.05) is 5.75 Å². The fraction of sp³-hybridized carbons (Fsp3) is 0.333. The van der Waals surface area contributed by atoms with Crippen LogP contribution in [0.5, 0.6) is 0 Å². The molecule has 0 aromatic heterocycles. The molecule has 0 spiro atoms. The number of aryl methyl sites for hydroxylation is 2. The van der Waals surface area contributed by atoms with Gasteiger partial charge in [-0.2, -0.15) is 12.6 Å². The van der Waals surface area contributed by atoms with E-state index in [2.05, 4.69) is 68.1 Å². The van der Waals surface area contributed by atoms with Crippen LogP contribution in [0.4, 0.5) is 0 Å². The summed E-state index contributed by atoms with van der Waals surface area (Å²) in [6, 6.07) is 17.7. The first kappa shape index (κ1) is 14.2. The molecular weight excluding hydrogens is 248 g/mol. The van der Waals surface area contributed by atoms with E-state index in [-0.39, 0.29) is 0 Å². The highest BCUT2D eigenvalue weighted by Gasteiger charge is 1.98. The second-order valence-corrected chi connectivity index (χ2v) is 5.54. The van der Waals surface area contributed by atoms with Crippen molar-refractivity contribution in [3.8, 4) is 11.1 Å². The summed E-state index contributed by atoms with van der Waals surface area (Å²) >= 11 is 4.24. The lowest BCUT2D eigenvalue weighted by Crippen LogP contribution is -1.87. The fourth-order valence-corrected chi connectivity index (χ4v) is 2.45. The first-order valence-corrected chi connectivity index (χ1v) is 7.69. The molecule has 2 aromatic carbocycles. The lowest BCUT2D eigenvalue weighted by atomic mass is 10.0. The van der Waals surface area contributed by atoms with Crippen molar-refractivity contribution in [1.82, 2.24) is 0 Å². The summed E-state index contributed by atoms with van der Waals surface area (Å²) in [7, 11) is 0. The van der Waals surface area contributed by atoms with Gasteiger partial charge in [0.2, 0.25) is 0 Å². The zero-order valence-electron chi connectivity index (χ0n) is 11.6. The minimum Gasteiger partial charge on any atom is -0.179 e. The van der Waals surface area contributed by atoms with E-state index in [1.165, 1.54) is 47.9 Å². The van der Waals surface area contributed by atoms with Crippen LogP contribution in [-0.2, 0) is 6.42 Å². The van der Waals surface area contributed by atoms with Crippen LogP contribution in [0, 0.1) is 6.92 Å². The van der Waals surface area contributed by atoms with Gasteiger partial charge in [0.25, 0.3) is 0 Å². The van der Waals surface area contributed by atoms with Crippen LogP contribution in [0.3, 0.4) is 0 Å². The third-order valence-corrected chi connectivity index (χ3v) is 3.78. The van der Waals surface area contributed by atoms with Gasteiger partial charge in [0.15, 0.2) is 0 Å². The molecule has 0 saturated carbocycles. The molecule has 0 unspecified atom stereocenters. The largest absolute Gasteiger partial charge is 0.179 e. The summed E-state index contributed by atoms with van der Waals surface area (Å²) in [6.07, 6.45) is 4.96. The monoisotopic (exact) mass is 270 g/mol. The predicted octanol–water partition coefficient (Wildman–Crippen LogP) is 5.30. The van der Waals surface area contributed by atoms with Gasteiger partial charge in [-0.1, -0.05) is 60.5 Å². The number of unbranched alkanes of at least 4 members (excludes halogenated alkanes) is 2. The van der Waals surface area contributed by atoms with Gasteiger partial charge >= 0.3 is 0 Å². The number of thiol groups is 1. The van der Waals surface area contributed by atoms with Gasteiger partial charge in [0.05, 0.1) is 0 Å². The van der Waals surface area contributed by atoms with E-state index in [0.29, 0.717) is 0 Å². The molecular formula is C18H22S. The van der Waals surface area contributed by atoms with E-state index in [0.717, 1.165) is 5.75 Å². The van der Waals surface area contributed by atoms with Crippen molar-refractivity contribution in [2.24, 2.45) is 0 Å². The average molecular weight is 270 g/mol. The lowest BCUT2D eigenvalue weighted by molar-refractivity contribution is 0.723. The maximum Gasteiger partial charge on any atom is -0.00979 e. The number of hydrogen-bond acceptors (Lipinski definition) is 1. The summed E-state index contributed by atoms with van der Waals surface area (Å²) < 4.78 is 0. The fourth-order valence-electron chi connectivity index (χ4n) is 2.23. The Morgan fingerprint density at radius 3 is 1.89 bits per heavy atom. The molecule has 0 radical (unpaired) electrons. The highest BCUT2D eigenvalue weighted by Crippen LogP contribution is 2.20. The third-order valence-electron chi connectivity index (χ3n) is 3.46. The Morgan fingerprint density at radius 1 is 0.737 bits per heavy atom. The van der Waals surface area contributed by atoms with Gasteiger partial charge in [-0.15, -0.1) is 0 Å². The van der Waals surface area contributed by atoms with Crippen LogP contribution < -0.4 is 0 Å². The minimum atomic E-state index is 1.01. The van der Waals surface area contributed by atoms with E-state index < -0.39 is 0 Å². The van der Waals surface area contributed by atoms with E-state index in [1.54, 1.807) is 0 Å². The highest BCUT2D eigenvalue weighted by molar-refractivity contribution is 7.80. The molecule has 0 saturated heterocycles. The summed E-state index contributed by atoms with van der Waals surface area (Å²) in [4.78, 5) is 0.